The van der Waals surface area contributed by atoms with Gasteiger partial charge in [-0.15, -0.1) is 0 Å². The number of aromatic nitrogens is 1. The van der Waals surface area contributed by atoms with E-state index in [1.165, 1.54) is 19.2 Å². The quantitative estimate of drug-likeness (QED) is 0.418. The molecular weight excluding hydrogens is 501 g/mol. The van der Waals surface area contributed by atoms with E-state index in [2.05, 4.69) is 15.6 Å². The molecule has 1 saturated heterocycles. The van der Waals surface area contributed by atoms with Crippen molar-refractivity contribution in [2.24, 2.45) is 0 Å². The molecule has 2 amide bonds. The average molecular weight is 525 g/mol. The van der Waals surface area contributed by atoms with E-state index in [0.717, 1.165) is 10.5 Å². The Morgan fingerprint density at radius 1 is 1.33 bits per heavy atom. The van der Waals surface area contributed by atoms with Gasteiger partial charge in [0.1, 0.15) is 5.52 Å². The van der Waals surface area contributed by atoms with E-state index in [1.807, 2.05) is 12.1 Å². The van der Waals surface area contributed by atoms with Crippen molar-refractivity contribution in [3.8, 4) is 5.75 Å². The van der Waals surface area contributed by atoms with Gasteiger partial charge >= 0.3 is 6.18 Å². The van der Waals surface area contributed by atoms with Gasteiger partial charge in [0.15, 0.2) is 11.3 Å². The predicted molar refractivity (Wildman–Crippen MR) is 127 cm³/mol. The molecule has 1 unspecified atom stereocenters. The normalized spacial score (nSPS) is 15.7. The van der Waals surface area contributed by atoms with Gasteiger partial charge in [-0.2, -0.15) is 18.2 Å². The van der Waals surface area contributed by atoms with E-state index in [0.29, 0.717) is 23.5 Å². The second-order valence-corrected chi connectivity index (χ2v) is 8.89. The summed E-state index contributed by atoms with van der Waals surface area (Å²) in [6.07, 6.45) is -4.88. The van der Waals surface area contributed by atoms with Crippen molar-refractivity contribution in [2.75, 3.05) is 25.5 Å². The molecular formula is C24H24ClF3N4O4. The van der Waals surface area contributed by atoms with Gasteiger partial charge in [-0.25, -0.2) is 0 Å². The lowest BCUT2D eigenvalue weighted by atomic mass is 10.1. The van der Waals surface area contributed by atoms with Gasteiger partial charge in [-0.3, -0.25) is 9.59 Å². The Labute approximate surface area is 209 Å². The van der Waals surface area contributed by atoms with Crippen LogP contribution >= 0.6 is 11.6 Å². The Bertz CT molecular complexity index is 1260. The van der Waals surface area contributed by atoms with Crippen LogP contribution in [0.25, 0.3) is 11.1 Å². The number of fused-ring (bicyclic) bond motifs is 1. The SMILES string of the molecule is COc1cc(C(=O)N(CCC(F)(F)F)CC2CCC(=O)N2)cc2nc(NCc3cccc(Cl)c3)oc12. The maximum Gasteiger partial charge on any atom is 0.390 e. The fourth-order valence-electron chi connectivity index (χ4n) is 3.98. The number of amides is 2. The second kappa shape index (κ2) is 10.7. The Kier molecular flexibility index (Phi) is 7.58. The number of oxazole rings is 1. The van der Waals surface area contributed by atoms with Crippen LogP contribution in [0, 0.1) is 0 Å². The molecule has 8 nitrogen and oxygen atoms in total. The number of nitrogens with zero attached hydrogens (tertiary/aromatic N) is 2. The van der Waals surface area contributed by atoms with Crippen molar-refractivity contribution in [1.82, 2.24) is 15.2 Å². The van der Waals surface area contributed by atoms with Crippen LogP contribution in [0.4, 0.5) is 19.2 Å². The third-order valence-electron chi connectivity index (χ3n) is 5.73. The van der Waals surface area contributed by atoms with E-state index in [1.54, 1.807) is 12.1 Å². The first kappa shape index (κ1) is 25.6. The number of carbonyl (C=O) groups is 2. The van der Waals surface area contributed by atoms with Gasteiger partial charge in [-0.05, 0) is 36.2 Å². The van der Waals surface area contributed by atoms with Crippen molar-refractivity contribution in [3.63, 3.8) is 0 Å². The number of rotatable bonds is 9. The minimum absolute atomic E-state index is 0.0355. The molecule has 0 saturated carbocycles. The number of anilines is 1. The minimum Gasteiger partial charge on any atom is -0.493 e. The summed E-state index contributed by atoms with van der Waals surface area (Å²) in [7, 11) is 1.39. The molecule has 0 bridgehead atoms. The molecule has 0 spiro atoms. The van der Waals surface area contributed by atoms with E-state index >= 15 is 0 Å². The first-order valence-corrected chi connectivity index (χ1v) is 11.6. The number of carbonyl (C=O) groups excluding carboxylic acids is 2. The lowest BCUT2D eigenvalue weighted by Gasteiger charge is -2.26. The fraction of sp³-hybridized carbons (Fsp3) is 0.375. The first-order chi connectivity index (χ1) is 17.1. The summed E-state index contributed by atoms with van der Waals surface area (Å²) in [4.78, 5) is 30.3. The smallest absolute Gasteiger partial charge is 0.390 e. The Balaban J connectivity index is 1.57. The molecule has 36 heavy (non-hydrogen) atoms. The minimum atomic E-state index is -4.44. The van der Waals surface area contributed by atoms with Crippen molar-refractivity contribution >= 4 is 40.5 Å². The van der Waals surface area contributed by atoms with E-state index in [9.17, 15) is 22.8 Å². The van der Waals surface area contributed by atoms with Gasteiger partial charge in [0.2, 0.25) is 5.91 Å². The molecule has 2 heterocycles. The maximum atomic E-state index is 13.3. The highest BCUT2D eigenvalue weighted by atomic mass is 35.5. The van der Waals surface area contributed by atoms with Crippen LogP contribution in [-0.2, 0) is 11.3 Å². The van der Waals surface area contributed by atoms with Gasteiger partial charge in [0.05, 0.1) is 13.5 Å². The van der Waals surface area contributed by atoms with E-state index in [-0.39, 0.29) is 41.8 Å². The molecule has 1 fully saturated rings. The Morgan fingerprint density at radius 3 is 2.81 bits per heavy atom. The summed E-state index contributed by atoms with van der Waals surface area (Å²) >= 11 is 6.01. The lowest BCUT2D eigenvalue weighted by Crippen LogP contribution is -2.43. The van der Waals surface area contributed by atoms with Crippen LogP contribution in [-0.4, -0.2) is 54.1 Å². The molecule has 2 aromatic carbocycles. The molecule has 192 valence electrons. The summed E-state index contributed by atoms with van der Waals surface area (Å²) in [5, 5.41) is 6.32. The summed E-state index contributed by atoms with van der Waals surface area (Å²) in [5.41, 5.74) is 1.58. The standard InChI is InChI=1S/C24H24ClF3N4O4/c1-35-19-11-15(22(34)32(8-7-24(26,27)28)13-17-5-6-20(33)30-17)10-18-21(19)36-23(31-18)29-12-14-3-2-4-16(25)9-14/h2-4,9-11,17H,5-8,12-13H2,1H3,(H,29,31)(H,30,33). The van der Waals surface area contributed by atoms with E-state index in [4.69, 9.17) is 20.8 Å². The molecule has 1 aromatic heterocycles. The first-order valence-electron chi connectivity index (χ1n) is 11.2. The van der Waals surface area contributed by atoms with Crippen LogP contribution in [0.3, 0.4) is 0 Å². The van der Waals surface area contributed by atoms with Gasteiger partial charge in [-0.1, -0.05) is 23.7 Å². The highest BCUT2D eigenvalue weighted by Gasteiger charge is 2.32. The zero-order chi connectivity index (χ0) is 25.9. The maximum absolute atomic E-state index is 13.3. The predicted octanol–water partition coefficient (Wildman–Crippen LogP) is 4.78. The highest BCUT2D eigenvalue weighted by Crippen LogP contribution is 2.31. The third-order valence-corrected chi connectivity index (χ3v) is 5.97. The number of alkyl halides is 3. The zero-order valence-corrected chi connectivity index (χ0v) is 20.1. The molecule has 12 heteroatoms. The number of halogens is 4. The number of hydrogen-bond donors (Lipinski definition) is 2. The number of methoxy groups -OCH3 is 1. The summed E-state index contributed by atoms with van der Waals surface area (Å²) < 4.78 is 49.9. The molecule has 4 rings (SSSR count). The molecule has 0 radical (unpaired) electrons. The van der Waals surface area contributed by atoms with Crippen molar-refractivity contribution in [1.29, 1.82) is 0 Å². The molecule has 1 atom stereocenters. The number of ether oxygens (including phenoxy) is 1. The van der Waals surface area contributed by atoms with Crippen LogP contribution < -0.4 is 15.4 Å². The Hall–Kier alpha value is -3.47. The van der Waals surface area contributed by atoms with Crippen LogP contribution in [0.5, 0.6) is 5.75 Å². The Morgan fingerprint density at radius 2 is 2.14 bits per heavy atom. The number of benzene rings is 2. The molecule has 1 aliphatic heterocycles. The van der Waals surface area contributed by atoms with Gasteiger partial charge < -0.3 is 24.7 Å². The fourth-order valence-corrected chi connectivity index (χ4v) is 4.19. The molecule has 0 aliphatic carbocycles. The summed E-state index contributed by atoms with van der Waals surface area (Å²) in [6.45, 7) is -0.202. The van der Waals surface area contributed by atoms with Crippen molar-refractivity contribution in [2.45, 2.75) is 38.0 Å². The van der Waals surface area contributed by atoms with Gasteiger partial charge in [0, 0.05) is 42.7 Å². The third kappa shape index (κ3) is 6.39. The van der Waals surface area contributed by atoms with E-state index < -0.39 is 31.1 Å². The molecule has 2 N–H and O–H groups in total. The van der Waals surface area contributed by atoms with Crippen molar-refractivity contribution in [3.05, 3.63) is 52.5 Å². The topological polar surface area (TPSA) is 96.7 Å². The van der Waals surface area contributed by atoms with Crippen molar-refractivity contribution < 1.29 is 31.9 Å². The lowest BCUT2D eigenvalue weighted by molar-refractivity contribution is -0.136. The molecule has 1 aliphatic rings. The summed E-state index contributed by atoms with van der Waals surface area (Å²) in [6, 6.07) is 9.86. The molecule has 3 aromatic rings. The van der Waals surface area contributed by atoms with Crippen LogP contribution in [0.1, 0.15) is 35.2 Å². The number of hydrogen-bond acceptors (Lipinski definition) is 6. The summed E-state index contributed by atoms with van der Waals surface area (Å²) in [5.74, 6) is -0.604. The zero-order valence-electron chi connectivity index (χ0n) is 19.3. The van der Waals surface area contributed by atoms with Gasteiger partial charge in [0.25, 0.3) is 11.9 Å². The highest BCUT2D eigenvalue weighted by molar-refractivity contribution is 6.30. The monoisotopic (exact) mass is 524 g/mol. The second-order valence-electron chi connectivity index (χ2n) is 8.45. The van der Waals surface area contributed by atoms with Crippen LogP contribution in [0.15, 0.2) is 40.8 Å². The average Bonchev–Trinajstić information content (AvgIpc) is 3.44. The largest absolute Gasteiger partial charge is 0.493 e. The van der Waals surface area contributed by atoms with Crippen LogP contribution in [0.2, 0.25) is 5.02 Å². The number of nitrogens with one attached hydrogen (secondary N) is 2.